The number of benzene rings is 1. The highest BCUT2D eigenvalue weighted by atomic mass is 19.4. The van der Waals surface area contributed by atoms with Gasteiger partial charge in [-0.2, -0.15) is 13.2 Å². The number of carbonyl (C=O) groups is 1. The summed E-state index contributed by atoms with van der Waals surface area (Å²) in [6.45, 7) is 2.25. The van der Waals surface area contributed by atoms with E-state index in [1.54, 1.807) is 0 Å². The molecule has 2 saturated heterocycles. The number of piperidine rings is 1. The van der Waals surface area contributed by atoms with E-state index in [-0.39, 0.29) is 18.4 Å². The van der Waals surface area contributed by atoms with Gasteiger partial charge in [0.1, 0.15) is 5.56 Å². The van der Waals surface area contributed by atoms with Crippen LogP contribution in [0.15, 0.2) is 48.7 Å². The third-order valence-electron chi connectivity index (χ3n) is 6.42. The molecule has 1 aromatic carbocycles. The second-order valence-corrected chi connectivity index (χ2v) is 8.48. The monoisotopic (exact) mass is 448 g/mol. The number of likely N-dealkylation sites (tertiary alicyclic amines) is 1. The number of halogens is 3. The molecule has 1 amide bonds. The topological polar surface area (TPSA) is 51.7 Å². The molecule has 0 N–H and O–H groups in total. The summed E-state index contributed by atoms with van der Waals surface area (Å²) < 4.78 is 50.7. The normalized spacial score (nSPS) is 21.2. The Bertz CT molecular complexity index is 914. The highest BCUT2D eigenvalue weighted by Gasteiger charge is 2.45. The fourth-order valence-corrected chi connectivity index (χ4v) is 4.71. The van der Waals surface area contributed by atoms with Gasteiger partial charge in [0.15, 0.2) is 0 Å². The molecule has 8 heteroatoms. The maximum absolute atomic E-state index is 13.7. The van der Waals surface area contributed by atoms with Gasteiger partial charge >= 0.3 is 6.18 Å². The lowest BCUT2D eigenvalue weighted by molar-refractivity contribution is -0.143. The summed E-state index contributed by atoms with van der Waals surface area (Å²) in [6.07, 6.45) is -0.416. The van der Waals surface area contributed by atoms with E-state index in [0.717, 1.165) is 24.5 Å². The Hall–Kier alpha value is -2.61. The minimum atomic E-state index is -4.52. The smallest absolute Gasteiger partial charge is 0.421 e. The molecule has 0 spiro atoms. The summed E-state index contributed by atoms with van der Waals surface area (Å²) in [6, 6.07) is 12.0. The van der Waals surface area contributed by atoms with Gasteiger partial charge in [-0.1, -0.05) is 30.3 Å². The molecule has 32 heavy (non-hydrogen) atoms. The van der Waals surface area contributed by atoms with E-state index >= 15 is 0 Å². The van der Waals surface area contributed by atoms with Crippen LogP contribution >= 0.6 is 0 Å². The molecule has 1 atom stereocenters. The Balaban J connectivity index is 1.46. The van der Waals surface area contributed by atoms with Crippen LogP contribution in [0, 0.1) is 5.92 Å². The predicted molar refractivity (Wildman–Crippen MR) is 112 cm³/mol. The standard InChI is InChI=1S/C24H27F3N2O3/c25-24(26,27)20-9-4-12-28-21(20)32-17-18-6-5-13-29(16-18)22(30)23(10-14-31-15-11-23)19-7-2-1-3-8-19/h1-4,7-9,12,18H,5-6,10-11,13-17H2. The van der Waals surface area contributed by atoms with Crippen LogP contribution < -0.4 is 4.74 Å². The Labute approximate surface area is 185 Å². The number of nitrogens with zero attached hydrogens (tertiary/aromatic N) is 2. The molecule has 1 aromatic heterocycles. The predicted octanol–water partition coefficient (Wildman–Crippen LogP) is 4.47. The lowest BCUT2D eigenvalue weighted by Crippen LogP contribution is -2.53. The number of pyridine rings is 1. The summed E-state index contributed by atoms with van der Waals surface area (Å²) in [4.78, 5) is 19.4. The van der Waals surface area contributed by atoms with Crippen molar-refractivity contribution in [1.82, 2.24) is 9.88 Å². The molecular formula is C24H27F3N2O3. The van der Waals surface area contributed by atoms with Crippen LogP contribution in [0.1, 0.15) is 36.8 Å². The van der Waals surface area contributed by atoms with Crippen LogP contribution in [-0.4, -0.2) is 48.7 Å². The number of carbonyl (C=O) groups excluding carboxylic acids is 1. The Morgan fingerprint density at radius 2 is 1.91 bits per heavy atom. The summed E-state index contributed by atoms with van der Waals surface area (Å²) >= 11 is 0. The van der Waals surface area contributed by atoms with Crippen molar-refractivity contribution in [3.05, 3.63) is 59.8 Å². The van der Waals surface area contributed by atoms with Gasteiger partial charge in [-0.3, -0.25) is 4.79 Å². The Kier molecular flexibility index (Phi) is 6.69. The van der Waals surface area contributed by atoms with E-state index in [0.29, 0.717) is 39.1 Å². The van der Waals surface area contributed by atoms with Crippen molar-refractivity contribution < 1.29 is 27.4 Å². The molecule has 1 unspecified atom stereocenters. The van der Waals surface area contributed by atoms with Gasteiger partial charge in [0, 0.05) is 38.4 Å². The van der Waals surface area contributed by atoms with Gasteiger partial charge in [0.2, 0.25) is 11.8 Å². The number of aromatic nitrogens is 1. The quantitative estimate of drug-likeness (QED) is 0.678. The van der Waals surface area contributed by atoms with Gasteiger partial charge in [-0.15, -0.1) is 0 Å². The summed E-state index contributed by atoms with van der Waals surface area (Å²) in [7, 11) is 0. The molecule has 0 aliphatic carbocycles. The first kappa shape index (κ1) is 22.6. The minimum absolute atomic E-state index is 0.0524. The average Bonchev–Trinajstić information content (AvgIpc) is 2.83. The highest BCUT2D eigenvalue weighted by molar-refractivity contribution is 5.88. The van der Waals surface area contributed by atoms with Crippen molar-refractivity contribution in [2.75, 3.05) is 32.9 Å². The average molecular weight is 448 g/mol. The van der Waals surface area contributed by atoms with E-state index in [9.17, 15) is 18.0 Å². The number of alkyl halides is 3. The van der Waals surface area contributed by atoms with Crippen molar-refractivity contribution in [2.45, 2.75) is 37.3 Å². The molecule has 2 aromatic rings. The summed E-state index contributed by atoms with van der Waals surface area (Å²) in [5.41, 5.74) is -0.504. The molecule has 5 nitrogen and oxygen atoms in total. The minimum Gasteiger partial charge on any atom is -0.477 e. The van der Waals surface area contributed by atoms with Crippen molar-refractivity contribution in [3.63, 3.8) is 0 Å². The SMILES string of the molecule is O=C(N1CCCC(COc2ncccc2C(F)(F)F)C1)C1(c2ccccc2)CCOCC1. The van der Waals surface area contributed by atoms with Gasteiger partial charge in [0.05, 0.1) is 12.0 Å². The van der Waals surface area contributed by atoms with Crippen LogP contribution in [0.4, 0.5) is 13.2 Å². The number of hydrogen-bond acceptors (Lipinski definition) is 4. The molecule has 2 aliphatic heterocycles. The van der Waals surface area contributed by atoms with Crippen molar-refractivity contribution >= 4 is 5.91 Å². The molecule has 2 fully saturated rings. The fourth-order valence-electron chi connectivity index (χ4n) is 4.71. The summed E-state index contributed by atoms with van der Waals surface area (Å²) in [5, 5.41) is 0. The molecule has 2 aliphatic rings. The first-order valence-corrected chi connectivity index (χ1v) is 11.0. The number of amides is 1. The molecule has 0 saturated carbocycles. The lowest BCUT2D eigenvalue weighted by Gasteiger charge is -2.42. The maximum Gasteiger partial charge on any atom is 0.421 e. The molecular weight excluding hydrogens is 421 g/mol. The molecule has 3 heterocycles. The fraction of sp³-hybridized carbons (Fsp3) is 0.500. The molecule has 172 valence electrons. The van der Waals surface area contributed by atoms with Gasteiger partial charge in [-0.25, -0.2) is 4.98 Å². The second-order valence-electron chi connectivity index (χ2n) is 8.48. The number of ether oxygens (including phenoxy) is 2. The van der Waals surface area contributed by atoms with Crippen molar-refractivity contribution in [1.29, 1.82) is 0 Å². The van der Waals surface area contributed by atoms with E-state index < -0.39 is 23.0 Å². The van der Waals surface area contributed by atoms with E-state index in [1.165, 1.54) is 12.3 Å². The van der Waals surface area contributed by atoms with Crippen LogP contribution in [-0.2, 0) is 21.1 Å². The lowest BCUT2D eigenvalue weighted by atomic mass is 9.72. The van der Waals surface area contributed by atoms with Gasteiger partial charge in [0.25, 0.3) is 0 Å². The van der Waals surface area contributed by atoms with Crippen LogP contribution in [0.2, 0.25) is 0 Å². The Morgan fingerprint density at radius 1 is 1.16 bits per heavy atom. The van der Waals surface area contributed by atoms with E-state index in [1.807, 2.05) is 35.2 Å². The Morgan fingerprint density at radius 3 is 2.62 bits per heavy atom. The van der Waals surface area contributed by atoms with Crippen molar-refractivity contribution in [2.24, 2.45) is 5.92 Å². The zero-order valence-electron chi connectivity index (χ0n) is 17.8. The molecule has 0 bridgehead atoms. The van der Waals surface area contributed by atoms with Crippen LogP contribution in [0.3, 0.4) is 0 Å². The van der Waals surface area contributed by atoms with Crippen LogP contribution in [0.25, 0.3) is 0 Å². The van der Waals surface area contributed by atoms with E-state index in [4.69, 9.17) is 9.47 Å². The third kappa shape index (κ3) is 4.75. The highest BCUT2D eigenvalue weighted by Crippen LogP contribution is 2.38. The zero-order valence-corrected chi connectivity index (χ0v) is 17.8. The largest absolute Gasteiger partial charge is 0.477 e. The van der Waals surface area contributed by atoms with Crippen molar-refractivity contribution in [3.8, 4) is 5.88 Å². The number of rotatable bonds is 5. The van der Waals surface area contributed by atoms with Crippen LogP contribution in [0.5, 0.6) is 5.88 Å². The zero-order chi connectivity index (χ0) is 22.6. The summed E-state index contributed by atoms with van der Waals surface area (Å²) in [5.74, 6) is -0.386. The molecule has 4 rings (SSSR count). The third-order valence-corrected chi connectivity index (χ3v) is 6.42. The second kappa shape index (κ2) is 9.48. The first-order valence-electron chi connectivity index (χ1n) is 11.0. The first-order chi connectivity index (χ1) is 15.4. The number of hydrogen-bond donors (Lipinski definition) is 0. The maximum atomic E-state index is 13.7. The van der Waals surface area contributed by atoms with E-state index in [2.05, 4.69) is 4.98 Å². The van der Waals surface area contributed by atoms with Gasteiger partial charge < -0.3 is 14.4 Å². The molecule has 0 radical (unpaired) electrons. The van der Waals surface area contributed by atoms with Gasteiger partial charge in [-0.05, 0) is 43.4 Å².